The fourth-order valence-electron chi connectivity index (χ4n) is 2.03. The van der Waals surface area contributed by atoms with Crippen LogP contribution in [0.2, 0.25) is 0 Å². The predicted molar refractivity (Wildman–Crippen MR) is 90.4 cm³/mol. The van der Waals surface area contributed by atoms with E-state index >= 15 is 0 Å². The van der Waals surface area contributed by atoms with E-state index in [1.165, 1.54) is 0 Å². The minimum absolute atomic E-state index is 0.0100. The molecule has 1 rings (SSSR count). The molecule has 0 aromatic heterocycles. The summed E-state index contributed by atoms with van der Waals surface area (Å²) < 4.78 is 29.2. The van der Waals surface area contributed by atoms with Crippen LogP contribution in [0.15, 0.2) is 32.0 Å². The number of unbranched alkanes of at least 4 members (excludes halogenated alkanes) is 1. The van der Waals surface area contributed by atoms with E-state index in [4.69, 9.17) is 0 Å². The molecule has 0 bridgehead atoms. The molecule has 0 aliphatic heterocycles. The first kappa shape index (κ1) is 18.1. The van der Waals surface area contributed by atoms with Crippen molar-refractivity contribution in [3.8, 4) is 0 Å². The first-order valence-electron chi connectivity index (χ1n) is 6.88. The molecule has 1 unspecified atom stereocenters. The van der Waals surface area contributed by atoms with Gasteiger partial charge in [0.05, 0.1) is 4.90 Å². The summed E-state index contributed by atoms with van der Waals surface area (Å²) in [6, 6.07) is 5.18. The third-order valence-corrected chi connectivity index (χ3v) is 6.06. The Hall–Kier alpha value is 0.0900. The zero-order chi connectivity index (χ0) is 15.2. The molecule has 0 heterocycles. The Labute approximate surface area is 138 Å². The molecule has 0 aliphatic carbocycles. The lowest BCUT2D eigenvalue weighted by atomic mass is 10.1. The summed E-state index contributed by atoms with van der Waals surface area (Å²) in [4.78, 5) is 0.282. The smallest absolute Gasteiger partial charge is 0.208 e. The topological polar surface area (TPSA) is 46.2 Å². The summed E-state index contributed by atoms with van der Waals surface area (Å²) in [5.41, 5.74) is 0. The largest absolute Gasteiger partial charge is 0.241 e. The van der Waals surface area contributed by atoms with Gasteiger partial charge >= 0.3 is 0 Å². The van der Waals surface area contributed by atoms with Gasteiger partial charge in [0.25, 0.3) is 0 Å². The Balaban J connectivity index is 2.93. The van der Waals surface area contributed by atoms with Crippen molar-refractivity contribution in [2.24, 2.45) is 0 Å². The van der Waals surface area contributed by atoms with E-state index in [0.717, 1.165) is 36.6 Å². The summed E-state index contributed by atoms with van der Waals surface area (Å²) >= 11 is 6.62. The van der Waals surface area contributed by atoms with Crippen LogP contribution in [-0.4, -0.2) is 14.5 Å². The van der Waals surface area contributed by atoms with E-state index in [1.54, 1.807) is 12.1 Å². The SMILES string of the molecule is CCCCC(CCC)NS(=O)(=O)c1cc(Br)ccc1Br. The molecule has 0 saturated heterocycles. The summed E-state index contributed by atoms with van der Waals surface area (Å²) in [6.07, 6.45) is 4.83. The quantitative estimate of drug-likeness (QED) is 0.645. The maximum Gasteiger partial charge on any atom is 0.241 e. The number of hydrogen-bond donors (Lipinski definition) is 1. The van der Waals surface area contributed by atoms with Crippen LogP contribution >= 0.6 is 31.9 Å². The van der Waals surface area contributed by atoms with Gasteiger partial charge in [-0.05, 0) is 47.0 Å². The molecule has 3 nitrogen and oxygen atoms in total. The number of hydrogen-bond acceptors (Lipinski definition) is 2. The number of sulfonamides is 1. The number of rotatable bonds is 8. The van der Waals surface area contributed by atoms with Crippen molar-refractivity contribution in [1.29, 1.82) is 0 Å². The lowest BCUT2D eigenvalue weighted by molar-refractivity contribution is 0.483. The highest BCUT2D eigenvalue weighted by Crippen LogP contribution is 2.26. The van der Waals surface area contributed by atoms with Crippen molar-refractivity contribution >= 4 is 41.9 Å². The molecule has 114 valence electrons. The Morgan fingerprint density at radius 1 is 1.15 bits per heavy atom. The van der Waals surface area contributed by atoms with E-state index in [9.17, 15) is 8.42 Å². The standard InChI is InChI=1S/C14H21Br2NO2S/c1-3-5-7-12(6-4-2)17-20(18,19)14-10-11(15)8-9-13(14)16/h8-10,12,17H,3-7H2,1-2H3. The first-order valence-corrected chi connectivity index (χ1v) is 9.95. The lowest BCUT2D eigenvalue weighted by Crippen LogP contribution is -2.35. The van der Waals surface area contributed by atoms with Crippen LogP contribution < -0.4 is 4.72 Å². The third kappa shape index (κ3) is 5.47. The summed E-state index contributed by atoms with van der Waals surface area (Å²) in [5, 5.41) is 0. The van der Waals surface area contributed by atoms with Gasteiger partial charge in [0.15, 0.2) is 0 Å². The second kappa shape index (κ2) is 8.51. The van der Waals surface area contributed by atoms with Crippen molar-refractivity contribution in [2.75, 3.05) is 0 Å². The van der Waals surface area contributed by atoms with Crippen molar-refractivity contribution in [3.05, 3.63) is 27.1 Å². The van der Waals surface area contributed by atoms with Gasteiger partial charge in [0.1, 0.15) is 0 Å². The van der Waals surface area contributed by atoms with Gasteiger partial charge in [0.2, 0.25) is 10.0 Å². The van der Waals surface area contributed by atoms with Crippen LogP contribution in [0.4, 0.5) is 0 Å². The molecular weight excluding hydrogens is 406 g/mol. The molecule has 1 aromatic rings. The summed E-state index contributed by atoms with van der Waals surface area (Å²) in [6.45, 7) is 4.19. The van der Waals surface area contributed by atoms with Gasteiger partial charge in [-0.1, -0.05) is 49.0 Å². The van der Waals surface area contributed by atoms with Crippen molar-refractivity contribution in [1.82, 2.24) is 4.72 Å². The fraction of sp³-hybridized carbons (Fsp3) is 0.571. The van der Waals surface area contributed by atoms with Gasteiger partial charge in [-0.25, -0.2) is 13.1 Å². The average molecular weight is 427 g/mol. The van der Waals surface area contributed by atoms with Gasteiger partial charge in [-0.2, -0.15) is 0 Å². The van der Waals surface area contributed by atoms with Crippen molar-refractivity contribution in [3.63, 3.8) is 0 Å². The van der Waals surface area contributed by atoms with Gasteiger partial charge in [-0.3, -0.25) is 0 Å². The molecule has 6 heteroatoms. The minimum Gasteiger partial charge on any atom is -0.208 e. The highest BCUT2D eigenvalue weighted by Gasteiger charge is 2.22. The van der Waals surface area contributed by atoms with Gasteiger partial charge < -0.3 is 0 Å². The minimum atomic E-state index is -3.49. The molecule has 0 radical (unpaired) electrons. The maximum atomic E-state index is 12.5. The first-order chi connectivity index (χ1) is 9.40. The molecule has 0 spiro atoms. The molecule has 0 saturated carbocycles. The van der Waals surface area contributed by atoms with Gasteiger partial charge in [0, 0.05) is 15.0 Å². The highest BCUT2D eigenvalue weighted by atomic mass is 79.9. The Kier molecular flexibility index (Phi) is 7.72. The second-order valence-corrected chi connectivity index (χ2v) is 8.28. The zero-order valence-corrected chi connectivity index (χ0v) is 15.8. The van der Waals surface area contributed by atoms with Crippen LogP contribution in [0, 0.1) is 0 Å². The summed E-state index contributed by atoms with van der Waals surface area (Å²) in [5.74, 6) is 0. The van der Waals surface area contributed by atoms with E-state index in [1.807, 2.05) is 6.07 Å². The molecule has 0 fully saturated rings. The molecule has 20 heavy (non-hydrogen) atoms. The fourth-order valence-corrected chi connectivity index (χ4v) is 4.83. The highest BCUT2D eigenvalue weighted by molar-refractivity contribution is 9.11. The second-order valence-electron chi connectivity index (χ2n) is 4.82. The van der Waals surface area contributed by atoms with E-state index in [2.05, 4.69) is 50.4 Å². The Bertz CT molecular complexity index is 532. The molecular formula is C14H21Br2NO2S. The van der Waals surface area contributed by atoms with Crippen LogP contribution in [0.25, 0.3) is 0 Å². The Morgan fingerprint density at radius 2 is 1.85 bits per heavy atom. The van der Waals surface area contributed by atoms with Gasteiger partial charge in [-0.15, -0.1) is 0 Å². The van der Waals surface area contributed by atoms with E-state index in [0.29, 0.717) is 4.47 Å². The number of benzene rings is 1. The van der Waals surface area contributed by atoms with E-state index < -0.39 is 10.0 Å². The Morgan fingerprint density at radius 3 is 2.45 bits per heavy atom. The molecule has 1 N–H and O–H groups in total. The van der Waals surface area contributed by atoms with Crippen LogP contribution in [0.1, 0.15) is 46.0 Å². The van der Waals surface area contributed by atoms with Crippen LogP contribution in [0.3, 0.4) is 0 Å². The molecule has 1 atom stereocenters. The van der Waals surface area contributed by atoms with Crippen LogP contribution in [-0.2, 0) is 10.0 Å². The average Bonchev–Trinajstić information content (AvgIpc) is 2.38. The van der Waals surface area contributed by atoms with Crippen molar-refractivity contribution in [2.45, 2.75) is 56.9 Å². The third-order valence-electron chi connectivity index (χ3n) is 3.05. The number of halogens is 2. The monoisotopic (exact) mass is 425 g/mol. The maximum absolute atomic E-state index is 12.5. The van der Waals surface area contributed by atoms with Crippen molar-refractivity contribution < 1.29 is 8.42 Å². The molecule has 0 aliphatic rings. The normalized spacial score (nSPS) is 13.4. The zero-order valence-electron chi connectivity index (χ0n) is 11.8. The lowest BCUT2D eigenvalue weighted by Gasteiger charge is -2.18. The summed E-state index contributed by atoms with van der Waals surface area (Å²) in [7, 11) is -3.49. The predicted octanol–water partition coefficient (Wildman–Crippen LogP) is 4.85. The van der Waals surface area contributed by atoms with Crippen LogP contribution in [0.5, 0.6) is 0 Å². The molecule has 0 amide bonds. The number of nitrogens with one attached hydrogen (secondary N) is 1. The van der Waals surface area contributed by atoms with E-state index in [-0.39, 0.29) is 10.9 Å². The molecule has 1 aromatic carbocycles.